The lowest BCUT2D eigenvalue weighted by molar-refractivity contribution is -0.146. The Labute approximate surface area is 164 Å². The van der Waals surface area contributed by atoms with Crippen molar-refractivity contribution in [3.05, 3.63) is 59.7 Å². The maximum Gasteiger partial charge on any atom is 0.316 e. The first-order chi connectivity index (χ1) is 13.5. The summed E-state index contributed by atoms with van der Waals surface area (Å²) in [5.41, 5.74) is 0.839. The molecule has 148 valence electrons. The first-order valence-electron chi connectivity index (χ1n) is 9.02. The van der Waals surface area contributed by atoms with Crippen LogP contribution in [0.3, 0.4) is 0 Å². The number of benzene rings is 2. The number of rotatable bonds is 10. The molecule has 0 saturated heterocycles. The normalized spacial score (nSPS) is 11.4. The lowest BCUT2D eigenvalue weighted by Crippen LogP contribution is -2.27. The van der Waals surface area contributed by atoms with E-state index < -0.39 is 17.7 Å². The Morgan fingerprint density at radius 2 is 1.57 bits per heavy atom. The van der Waals surface area contributed by atoms with Crippen LogP contribution in [-0.4, -0.2) is 38.4 Å². The van der Waals surface area contributed by atoms with E-state index in [9.17, 15) is 14.4 Å². The van der Waals surface area contributed by atoms with Gasteiger partial charge in [-0.05, 0) is 31.5 Å². The quantitative estimate of drug-likeness (QED) is 0.353. The van der Waals surface area contributed by atoms with Crippen molar-refractivity contribution >= 4 is 17.5 Å². The highest BCUT2D eigenvalue weighted by Crippen LogP contribution is 2.29. The van der Waals surface area contributed by atoms with Crippen molar-refractivity contribution in [2.75, 3.05) is 20.8 Å². The van der Waals surface area contributed by atoms with Gasteiger partial charge in [0.05, 0.1) is 20.8 Å². The molecule has 0 amide bonds. The topological polar surface area (TPSA) is 78.9 Å². The number of carbonyl (C=O) groups is 3. The molecule has 0 saturated carbocycles. The van der Waals surface area contributed by atoms with E-state index in [0.717, 1.165) is 0 Å². The molecule has 1 unspecified atom stereocenters. The summed E-state index contributed by atoms with van der Waals surface area (Å²) in [4.78, 5) is 37.7. The zero-order chi connectivity index (χ0) is 20.5. The Bertz CT molecular complexity index is 828. The van der Waals surface area contributed by atoms with Gasteiger partial charge in [-0.2, -0.15) is 0 Å². The van der Waals surface area contributed by atoms with Crippen LogP contribution in [0.25, 0.3) is 0 Å². The summed E-state index contributed by atoms with van der Waals surface area (Å²) >= 11 is 0. The van der Waals surface area contributed by atoms with Crippen molar-refractivity contribution in [2.24, 2.45) is 5.92 Å². The molecule has 28 heavy (non-hydrogen) atoms. The highest BCUT2D eigenvalue weighted by molar-refractivity contribution is 6.09. The molecule has 0 aromatic heterocycles. The molecule has 0 spiro atoms. The zero-order valence-corrected chi connectivity index (χ0v) is 16.3. The minimum Gasteiger partial charge on any atom is -0.493 e. The molecule has 0 N–H and O–H groups in total. The summed E-state index contributed by atoms with van der Waals surface area (Å²) in [6.07, 6.45) is 0.131. The highest BCUT2D eigenvalue weighted by Gasteiger charge is 2.30. The van der Waals surface area contributed by atoms with Crippen molar-refractivity contribution in [3.8, 4) is 11.5 Å². The number of esters is 1. The second kappa shape index (κ2) is 10.3. The maximum absolute atomic E-state index is 13.0. The van der Waals surface area contributed by atoms with E-state index in [1.165, 1.54) is 20.3 Å². The Morgan fingerprint density at radius 3 is 2.18 bits per heavy atom. The molecule has 0 aliphatic rings. The van der Waals surface area contributed by atoms with Gasteiger partial charge in [-0.3, -0.25) is 14.4 Å². The van der Waals surface area contributed by atoms with Gasteiger partial charge < -0.3 is 14.2 Å². The van der Waals surface area contributed by atoms with Crippen LogP contribution in [-0.2, 0) is 9.53 Å². The highest BCUT2D eigenvalue weighted by atomic mass is 16.5. The van der Waals surface area contributed by atoms with Gasteiger partial charge in [0.15, 0.2) is 23.1 Å². The first kappa shape index (κ1) is 21.2. The number of ether oxygens (including phenoxy) is 3. The molecule has 6 heteroatoms. The Morgan fingerprint density at radius 1 is 0.893 bits per heavy atom. The fourth-order valence-electron chi connectivity index (χ4n) is 2.83. The number of hydrogen-bond donors (Lipinski definition) is 0. The number of carbonyl (C=O) groups excluding carboxylic acids is 3. The number of hydrogen-bond acceptors (Lipinski definition) is 6. The van der Waals surface area contributed by atoms with E-state index in [1.54, 1.807) is 43.3 Å². The van der Waals surface area contributed by atoms with Crippen molar-refractivity contribution in [3.63, 3.8) is 0 Å². The molecule has 0 heterocycles. The Balaban J connectivity index is 2.21. The molecule has 0 radical (unpaired) electrons. The van der Waals surface area contributed by atoms with Crippen LogP contribution >= 0.6 is 0 Å². The molecule has 0 bridgehead atoms. The molecular weight excluding hydrogens is 360 g/mol. The molecule has 6 nitrogen and oxygen atoms in total. The fraction of sp³-hybridized carbons (Fsp3) is 0.318. The van der Waals surface area contributed by atoms with Gasteiger partial charge in [0.2, 0.25) is 0 Å². The van der Waals surface area contributed by atoms with Crippen LogP contribution in [0.4, 0.5) is 0 Å². The summed E-state index contributed by atoms with van der Waals surface area (Å²) in [5, 5.41) is 0. The van der Waals surface area contributed by atoms with Gasteiger partial charge in [0, 0.05) is 17.5 Å². The average Bonchev–Trinajstić information content (AvgIpc) is 2.73. The maximum atomic E-state index is 13.0. The van der Waals surface area contributed by atoms with Crippen molar-refractivity contribution in [1.82, 2.24) is 0 Å². The summed E-state index contributed by atoms with van der Waals surface area (Å²) in [6.45, 7) is 1.83. The van der Waals surface area contributed by atoms with Gasteiger partial charge in [0.25, 0.3) is 0 Å². The summed E-state index contributed by atoms with van der Waals surface area (Å²) < 4.78 is 15.5. The predicted molar refractivity (Wildman–Crippen MR) is 104 cm³/mol. The first-order valence-corrected chi connectivity index (χ1v) is 9.02. The smallest absolute Gasteiger partial charge is 0.316 e. The third-order valence-electron chi connectivity index (χ3n) is 4.31. The van der Waals surface area contributed by atoms with Gasteiger partial charge >= 0.3 is 5.97 Å². The number of ketones is 2. The molecule has 1 atom stereocenters. The van der Waals surface area contributed by atoms with Crippen LogP contribution in [0, 0.1) is 5.92 Å². The molecule has 2 aromatic carbocycles. The Kier molecular flexibility index (Phi) is 7.75. The molecular formula is C22H24O6. The summed E-state index contributed by atoms with van der Waals surface area (Å²) in [5.74, 6) is -1.38. The van der Waals surface area contributed by atoms with E-state index in [-0.39, 0.29) is 25.2 Å². The Hall–Kier alpha value is -3.15. The van der Waals surface area contributed by atoms with E-state index in [4.69, 9.17) is 14.2 Å². The molecule has 0 aliphatic heterocycles. The predicted octanol–water partition coefficient (Wildman–Crippen LogP) is 3.73. The third kappa shape index (κ3) is 5.19. The summed E-state index contributed by atoms with van der Waals surface area (Å²) in [7, 11) is 2.96. The molecule has 0 aliphatic carbocycles. The number of Topliss-reactive ketones (excluding diaryl/α,β-unsaturated/α-hetero) is 2. The van der Waals surface area contributed by atoms with Gasteiger partial charge in [0.1, 0.15) is 5.92 Å². The number of methoxy groups -OCH3 is 2. The molecule has 2 rings (SSSR count). The van der Waals surface area contributed by atoms with Crippen LogP contribution in [0.2, 0.25) is 0 Å². The minimum absolute atomic E-state index is 0.0620. The van der Waals surface area contributed by atoms with Gasteiger partial charge in [-0.25, -0.2) is 0 Å². The molecule has 0 fully saturated rings. The van der Waals surface area contributed by atoms with Crippen LogP contribution in [0.5, 0.6) is 11.5 Å². The second-order valence-electron chi connectivity index (χ2n) is 6.07. The third-order valence-corrected chi connectivity index (χ3v) is 4.31. The monoisotopic (exact) mass is 384 g/mol. The van der Waals surface area contributed by atoms with Crippen LogP contribution < -0.4 is 9.47 Å². The van der Waals surface area contributed by atoms with Crippen molar-refractivity contribution in [1.29, 1.82) is 0 Å². The van der Waals surface area contributed by atoms with Gasteiger partial charge in [-0.15, -0.1) is 0 Å². The SMILES string of the molecule is CCOC(=O)C(CCC(=O)c1ccccc1)C(=O)c1ccc(OC)c(OC)c1. The van der Waals surface area contributed by atoms with E-state index in [1.807, 2.05) is 6.07 Å². The van der Waals surface area contributed by atoms with E-state index >= 15 is 0 Å². The van der Waals surface area contributed by atoms with E-state index in [2.05, 4.69) is 0 Å². The van der Waals surface area contributed by atoms with Crippen LogP contribution in [0.15, 0.2) is 48.5 Å². The average molecular weight is 384 g/mol. The summed E-state index contributed by atoms with van der Waals surface area (Å²) in [6, 6.07) is 13.5. The van der Waals surface area contributed by atoms with Gasteiger partial charge in [-0.1, -0.05) is 30.3 Å². The lowest BCUT2D eigenvalue weighted by atomic mass is 9.91. The lowest BCUT2D eigenvalue weighted by Gasteiger charge is -2.15. The second-order valence-corrected chi connectivity index (χ2v) is 6.07. The minimum atomic E-state index is -1.06. The van der Waals surface area contributed by atoms with E-state index in [0.29, 0.717) is 22.6 Å². The standard InChI is InChI=1S/C22H24O6/c1-4-28-22(25)17(11-12-18(23)15-8-6-5-7-9-15)21(24)16-10-13-19(26-2)20(14-16)27-3/h5-10,13-14,17H,4,11-12H2,1-3H3. The fourth-order valence-corrected chi connectivity index (χ4v) is 2.83. The van der Waals surface area contributed by atoms with Crippen molar-refractivity contribution < 1.29 is 28.6 Å². The zero-order valence-electron chi connectivity index (χ0n) is 16.3. The molecule has 2 aromatic rings. The largest absolute Gasteiger partial charge is 0.493 e. The van der Waals surface area contributed by atoms with Crippen molar-refractivity contribution in [2.45, 2.75) is 19.8 Å². The van der Waals surface area contributed by atoms with Crippen LogP contribution in [0.1, 0.15) is 40.5 Å².